The third-order valence-electron chi connectivity index (χ3n) is 6.17. The number of hydrogen-bond donors (Lipinski definition) is 0. The van der Waals surface area contributed by atoms with Gasteiger partial charge in [-0.2, -0.15) is 5.26 Å². The molecule has 1 heteroatoms. The van der Waals surface area contributed by atoms with E-state index in [4.69, 9.17) is 0 Å². The summed E-state index contributed by atoms with van der Waals surface area (Å²) in [5.74, 6) is 4.58. The zero-order valence-corrected chi connectivity index (χ0v) is 9.19. The second-order valence-corrected chi connectivity index (χ2v) is 6.36. The number of rotatable bonds is 0. The van der Waals surface area contributed by atoms with Crippen LogP contribution in [0.2, 0.25) is 0 Å². The van der Waals surface area contributed by atoms with Crippen molar-refractivity contribution in [3.63, 3.8) is 0 Å². The fourth-order valence-corrected chi connectivity index (χ4v) is 5.74. The molecule has 7 atom stereocenters. The molecule has 0 radical (unpaired) electrons. The van der Waals surface area contributed by atoms with Crippen molar-refractivity contribution in [2.75, 3.05) is 0 Å². The van der Waals surface area contributed by atoms with Gasteiger partial charge >= 0.3 is 0 Å². The van der Waals surface area contributed by atoms with Crippen molar-refractivity contribution >= 4 is 0 Å². The van der Waals surface area contributed by atoms with Crippen molar-refractivity contribution in [1.29, 1.82) is 5.26 Å². The van der Waals surface area contributed by atoms with E-state index in [-0.39, 0.29) is 0 Å². The number of fused-ring (bicyclic) bond motifs is 9. The van der Waals surface area contributed by atoms with Gasteiger partial charge < -0.3 is 0 Å². The molecule has 0 aliphatic heterocycles. The van der Waals surface area contributed by atoms with Gasteiger partial charge in [-0.15, -0.1) is 0 Å². The van der Waals surface area contributed by atoms with Crippen LogP contribution in [0.4, 0.5) is 0 Å². The fourth-order valence-electron chi connectivity index (χ4n) is 5.74. The largest absolute Gasteiger partial charge is 0.198 e. The van der Waals surface area contributed by atoms with Crippen molar-refractivity contribution in [3.8, 4) is 6.07 Å². The van der Waals surface area contributed by atoms with Gasteiger partial charge in [-0.1, -0.05) is 19.1 Å². The summed E-state index contributed by atoms with van der Waals surface area (Å²) < 4.78 is 0. The Bertz CT molecular complexity index is 391. The molecule has 4 aliphatic rings. The lowest BCUT2D eigenvalue weighted by molar-refractivity contribution is 0.0639. The maximum absolute atomic E-state index is 9.22. The van der Waals surface area contributed by atoms with E-state index in [1.807, 2.05) is 0 Å². The highest BCUT2D eigenvalue weighted by Gasteiger charge is 2.67. The zero-order chi connectivity index (χ0) is 10.2. The summed E-state index contributed by atoms with van der Waals surface area (Å²) in [6.45, 7) is 2.49. The standard InChI is InChI=1S/C14H17N/c1-14-11-3-2-8(5-11)13(14)9-4-10(7-15)12(14)6-9/h2-3,8-13H,4-6H2,1H3. The molecule has 3 fully saturated rings. The van der Waals surface area contributed by atoms with E-state index in [0.29, 0.717) is 11.3 Å². The van der Waals surface area contributed by atoms with Gasteiger partial charge in [-0.25, -0.2) is 0 Å². The van der Waals surface area contributed by atoms with Gasteiger partial charge in [0.1, 0.15) is 0 Å². The monoisotopic (exact) mass is 199 g/mol. The van der Waals surface area contributed by atoms with Crippen LogP contribution in [0.5, 0.6) is 0 Å². The molecule has 0 aromatic rings. The summed E-state index contributed by atoms with van der Waals surface area (Å²) in [5.41, 5.74) is 0.503. The van der Waals surface area contributed by atoms with Crippen LogP contribution in [0.3, 0.4) is 0 Å². The van der Waals surface area contributed by atoms with E-state index >= 15 is 0 Å². The molecule has 0 aromatic heterocycles. The van der Waals surface area contributed by atoms with E-state index < -0.39 is 0 Å². The quantitative estimate of drug-likeness (QED) is 0.434. The van der Waals surface area contributed by atoms with Crippen molar-refractivity contribution in [2.45, 2.75) is 26.2 Å². The highest BCUT2D eigenvalue weighted by molar-refractivity contribution is 5.26. The molecular weight excluding hydrogens is 182 g/mol. The maximum Gasteiger partial charge on any atom is 0.0659 e. The van der Waals surface area contributed by atoms with Gasteiger partial charge in [0, 0.05) is 5.92 Å². The summed E-state index contributed by atoms with van der Waals surface area (Å²) in [4.78, 5) is 0. The minimum Gasteiger partial charge on any atom is -0.198 e. The molecule has 78 valence electrons. The molecule has 0 spiro atoms. The summed E-state index contributed by atoms with van der Waals surface area (Å²) in [6.07, 6.45) is 8.88. The van der Waals surface area contributed by atoms with Gasteiger partial charge in [0.05, 0.1) is 6.07 Å². The van der Waals surface area contributed by atoms with E-state index in [1.165, 1.54) is 19.3 Å². The predicted molar refractivity (Wildman–Crippen MR) is 57.7 cm³/mol. The third kappa shape index (κ3) is 0.717. The van der Waals surface area contributed by atoms with E-state index in [9.17, 15) is 5.26 Å². The van der Waals surface area contributed by atoms with Crippen LogP contribution in [0, 0.1) is 52.3 Å². The van der Waals surface area contributed by atoms with Crippen LogP contribution in [-0.2, 0) is 0 Å². The van der Waals surface area contributed by atoms with Crippen LogP contribution in [0.1, 0.15) is 26.2 Å². The van der Waals surface area contributed by atoms with Crippen molar-refractivity contribution in [1.82, 2.24) is 0 Å². The van der Waals surface area contributed by atoms with E-state index in [1.54, 1.807) is 0 Å². The maximum atomic E-state index is 9.22. The van der Waals surface area contributed by atoms with Crippen LogP contribution in [-0.4, -0.2) is 0 Å². The highest BCUT2D eigenvalue weighted by Crippen LogP contribution is 2.73. The molecular formula is C14H17N. The smallest absolute Gasteiger partial charge is 0.0659 e. The Balaban J connectivity index is 1.83. The second kappa shape index (κ2) is 2.32. The van der Waals surface area contributed by atoms with Gasteiger partial charge in [-0.05, 0) is 54.3 Å². The molecule has 7 unspecified atom stereocenters. The molecule has 0 N–H and O–H groups in total. The molecule has 0 heterocycles. The SMILES string of the molecule is CC12C3C=CC(C3)C1C1CC(C#N)C2C1. The van der Waals surface area contributed by atoms with Crippen LogP contribution < -0.4 is 0 Å². The second-order valence-electron chi connectivity index (χ2n) is 6.36. The number of allylic oxidation sites excluding steroid dienone is 2. The summed E-state index contributed by atoms with van der Waals surface area (Å²) in [6, 6.07) is 2.57. The van der Waals surface area contributed by atoms with Crippen LogP contribution in [0.25, 0.3) is 0 Å². The van der Waals surface area contributed by atoms with Crippen molar-refractivity contribution in [3.05, 3.63) is 12.2 Å². The number of nitriles is 1. The summed E-state index contributed by atoms with van der Waals surface area (Å²) >= 11 is 0. The molecule has 4 bridgehead atoms. The minimum atomic E-state index is 0.379. The first-order valence-electron chi connectivity index (χ1n) is 6.33. The van der Waals surface area contributed by atoms with Gasteiger partial charge in [0.15, 0.2) is 0 Å². The Labute approximate surface area is 91.2 Å². The Morgan fingerprint density at radius 2 is 2.13 bits per heavy atom. The summed E-state index contributed by atoms with van der Waals surface area (Å²) in [7, 11) is 0. The van der Waals surface area contributed by atoms with Crippen LogP contribution in [0.15, 0.2) is 12.2 Å². The predicted octanol–water partition coefficient (Wildman–Crippen LogP) is 2.99. The summed E-state index contributed by atoms with van der Waals surface area (Å²) in [5, 5.41) is 9.22. The van der Waals surface area contributed by atoms with E-state index in [0.717, 1.165) is 29.6 Å². The fraction of sp³-hybridized carbons (Fsp3) is 0.786. The highest BCUT2D eigenvalue weighted by atomic mass is 14.7. The molecule has 0 amide bonds. The first-order chi connectivity index (χ1) is 7.25. The lowest BCUT2D eigenvalue weighted by Crippen LogP contribution is -2.40. The first-order valence-corrected chi connectivity index (χ1v) is 6.33. The van der Waals surface area contributed by atoms with Crippen molar-refractivity contribution < 1.29 is 0 Å². The van der Waals surface area contributed by atoms with Gasteiger partial charge in [0.2, 0.25) is 0 Å². The molecule has 4 rings (SSSR count). The van der Waals surface area contributed by atoms with Gasteiger partial charge in [0.25, 0.3) is 0 Å². The molecule has 4 aliphatic carbocycles. The molecule has 0 aromatic carbocycles. The topological polar surface area (TPSA) is 23.8 Å². The average Bonchev–Trinajstić information content (AvgIpc) is 2.92. The normalized spacial score (nSPS) is 63.5. The lowest BCUT2D eigenvalue weighted by Gasteiger charge is -2.44. The minimum absolute atomic E-state index is 0.379. The molecule has 0 saturated heterocycles. The molecule has 3 saturated carbocycles. The number of hydrogen-bond acceptors (Lipinski definition) is 1. The Morgan fingerprint density at radius 1 is 1.27 bits per heavy atom. The molecule has 1 nitrogen and oxygen atoms in total. The van der Waals surface area contributed by atoms with Gasteiger partial charge in [-0.3, -0.25) is 0 Å². The van der Waals surface area contributed by atoms with E-state index in [2.05, 4.69) is 25.1 Å². The number of nitrogens with zero attached hydrogens (tertiary/aromatic N) is 1. The Kier molecular flexibility index (Phi) is 1.30. The van der Waals surface area contributed by atoms with Crippen molar-refractivity contribution in [2.24, 2.45) is 40.9 Å². The Hall–Kier alpha value is -0.770. The Morgan fingerprint density at radius 3 is 2.93 bits per heavy atom. The third-order valence-corrected chi connectivity index (χ3v) is 6.17. The first kappa shape index (κ1) is 8.39. The zero-order valence-electron chi connectivity index (χ0n) is 9.19. The average molecular weight is 199 g/mol. The van der Waals surface area contributed by atoms with Crippen LogP contribution >= 0.6 is 0 Å². The molecule has 15 heavy (non-hydrogen) atoms. The lowest BCUT2D eigenvalue weighted by atomic mass is 9.59.